The van der Waals surface area contributed by atoms with Gasteiger partial charge >= 0.3 is 0 Å². The summed E-state index contributed by atoms with van der Waals surface area (Å²) in [5.41, 5.74) is 3.09. The first-order valence-corrected chi connectivity index (χ1v) is 7.58. The number of amides is 1. The fourth-order valence-corrected chi connectivity index (χ4v) is 2.55. The second-order valence-corrected chi connectivity index (χ2v) is 6.00. The van der Waals surface area contributed by atoms with Crippen molar-refractivity contribution in [1.29, 1.82) is 0 Å². The normalized spacial score (nSPS) is 10.3. The maximum absolute atomic E-state index is 11.9. The number of carbonyl (C=O) groups excluding carboxylic acids is 1. The van der Waals surface area contributed by atoms with Gasteiger partial charge in [0.05, 0.1) is 4.47 Å². The summed E-state index contributed by atoms with van der Waals surface area (Å²) in [4.78, 5) is 11.9. The van der Waals surface area contributed by atoms with Gasteiger partial charge in [0.2, 0.25) is 0 Å². The van der Waals surface area contributed by atoms with Crippen LogP contribution >= 0.6 is 27.5 Å². The predicted octanol–water partition coefficient (Wildman–Crippen LogP) is 4.74. The van der Waals surface area contributed by atoms with Gasteiger partial charge in [-0.2, -0.15) is 0 Å². The minimum absolute atomic E-state index is 0.0623. The Morgan fingerprint density at radius 1 is 1.19 bits per heavy atom. The molecule has 110 valence electrons. The second-order valence-electron chi connectivity index (χ2n) is 4.71. The number of ether oxygens (including phenoxy) is 1. The first-order valence-electron chi connectivity index (χ1n) is 6.40. The molecule has 0 atom stereocenters. The summed E-state index contributed by atoms with van der Waals surface area (Å²) in [6, 6.07) is 10.9. The van der Waals surface area contributed by atoms with E-state index in [0.29, 0.717) is 15.2 Å². The fraction of sp³-hybridized carbons (Fsp3) is 0.188. The van der Waals surface area contributed by atoms with Crippen molar-refractivity contribution in [2.75, 3.05) is 11.9 Å². The van der Waals surface area contributed by atoms with E-state index in [2.05, 4.69) is 21.2 Å². The van der Waals surface area contributed by atoms with E-state index in [0.717, 1.165) is 11.3 Å². The first kappa shape index (κ1) is 15.9. The van der Waals surface area contributed by atoms with Crippen LogP contribution in [0.4, 0.5) is 5.69 Å². The van der Waals surface area contributed by atoms with Gasteiger partial charge in [0.1, 0.15) is 5.75 Å². The number of benzene rings is 2. The molecule has 0 fully saturated rings. The smallest absolute Gasteiger partial charge is 0.262 e. The summed E-state index contributed by atoms with van der Waals surface area (Å²) < 4.78 is 6.18. The van der Waals surface area contributed by atoms with Crippen molar-refractivity contribution in [1.82, 2.24) is 0 Å². The molecule has 5 heteroatoms. The van der Waals surface area contributed by atoms with E-state index >= 15 is 0 Å². The third-order valence-electron chi connectivity index (χ3n) is 3.04. The molecule has 0 bridgehead atoms. The third-order valence-corrected chi connectivity index (χ3v) is 3.90. The quantitative estimate of drug-likeness (QED) is 0.846. The van der Waals surface area contributed by atoms with Crippen LogP contribution in [0.5, 0.6) is 5.75 Å². The molecule has 0 unspecified atom stereocenters. The number of hydrogen-bond acceptors (Lipinski definition) is 2. The van der Waals surface area contributed by atoms with E-state index in [1.807, 2.05) is 32.0 Å². The molecule has 0 aliphatic carbocycles. The third kappa shape index (κ3) is 4.48. The van der Waals surface area contributed by atoms with Gasteiger partial charge in [0.15, 0.2) is 6.61 Å². The van der Waals surface area contributed by atoms with Crippen LogP contribution < -0.4 is 10.1 Å². The molecule has 0 spiro atoms. The van der Waals surface area contributed by atoms with Gasteiger partial charge in [0, 0.05) is 10.7 Å². The Kier molecular flexibility index (Phi) is 5.26. The Labute approximate surface area is 137 Å². The highest BCUT2D eigenvalue weighted by atomic mass is 79.9. The van der Waals surface area contributed by atoms with Crippen molar-refractivity contribution in [3.05, 3.63) is 57.0 Å². The van der Waals surface area contributed by atoms with Crippen LogP contribution in [-0.2, 0) is 4.79 Å². The lowest BCUT2D eigenvalue weighted by atomic mass is 10.1. The number of anilines is 1. The largest absolute Gasteiger partial charge is 0.483 e. The van der Waals surface area contributed by atoms with Crippen LogP contribution in [0.3, 0.4) is 0 Å². The van der Waals surface area contributed by atoms with Crippen LogP contribution in [0.15, 0.2) is 40.9 Å². The van der Waals surface area contributed by atoms with E-state index in [1.165, 1.54) is 5.56 Å². The molecule has 0 aromatic heterocycles. The van der Waals surface area contributed by atoms with Crippen molar-refractivity contribution >= 4 is 39.1 Å². The Hall–Kier alpha value is -1.52. The molecule has 3 nitrogen and oxygen atoms in total. The molecular formula is C16H15BrClNO2. The summed E-state index contributed by atoms with van der Waals surface area (Å²) in [6.45, 7) is 3.97. The highest BCUT2D eigenvalue weighted by molar-refractivity contribution is 9.10. The standard InChI is InChI=1S/C16H15BrClNO2/c1-10-3-5-13(7-11(10)2)19-16(20)9-21-15-6-4-12(18)8-14(15)17/h3-8H,9H2,1-2H3,(H,19,20). The summed E-state index contributed by atoms with van der Waals surface area (Å²) >= 11 is 9.19. The predicted molar refractivity (Wildman–Crippen MR) is 89.2 cm³/mol. The number of rotatable bonds is 4. The van der Waals surface area contributed by atoms with E-state index < -0.39 is 0 Å². The monoisotopic (exact) mass is 367 g/mol. The van der Waals surface area contributed by atoms with Gasteiger partial charge in [0.25, 0.3) is 5.91 Å². The molecule has 2 aromatic carbocycles. The molecule has 0 heterocycles. The minimum atomic E-state index is -0.208. The molecule has 0 aliphatic rings. The van der Waals surface area contributed by atoms with Crippen LogP contribution in [0.25, 0.3) is 0 Å². The van der Waals surface area contributed by atoms with Crippen LogP contribution in [-0.4, -0.2) is 12.5 Å². The maximum atomic E-state index is 11.9. The summed E-state index contributed by atoms with van der Waals surface area (Å²) in [7, 11) is 0. The second kappa shape index (κ2) is 6.96. The van der Waals surface area contributed by atoms with Gasteiger partial charge in [-0.1, -0.05) is 17.7 Å². The van der Waals surface area contributed by atoms with Crippen molar-refractivity contribution < 1.29 is 9.53 Å². The lowest BCUT2D eigenvalue weighted by molar-refractivity contribution is -0.118. The van der Waals surface area contributed by atoms with Crippen molar-refractivity contribution in [2.45, 2.75) is 13.8 Å². The Bertz CT molecular complexity index is 673. The Morgan fingerprint density at radius 3 is 2.62 bits per heavy atom. The van der Waals surface area contributed by atoms with Gasteiger partial charge in [-0.25, -0.2) is 0 Å². The maximum Gasteiger partial charge on any atom is 0.262 e. The molecule has 0 radical (unpaired) electrons. The molecule has 2 aromatic rings. The molecule has 0 aliphatic heterocycles. The minimum Gasteiger partial charge on any atom is -0.483 e. The molecule has 1 amide bonds. The molecular weight excluding hydrogens is 354 g/mol. The van der Waals surface area contributed by atoms with Crippen LogP contribution in [0.1, 0.15) is 11.1 Å². The highest BCUT2D eigenvalue weighted by Gasteiger charge is 2.07. The van der Waals surface area contributed by atoms with Gasteiger partial charge in [-0.3, -0.25) is 4.79 Å². The van der Waals surface area contributed by atoms with Crippen molar-refractivity contribution in [3.8, 4) is 5.75 Å². The van der Waals surface area contributed by atoms with Gasteiger partial charge in [-0.05, 0) is 71.2 Å². The average molecular weight is 369 g/mol. The molecule has 1 N–H and O–H groups in total. The number of nitrogens with one attached hydrogen (secondary N) is 1. The zero-order valence-corrected chi connectivity index (χ0v) is 14.1. The summed E-state index contributed by atoms with van der Waals surface area (Å²) in [5.74, 6) is 0.370. The molecule has 0 saturated heterocycles. The van der Waals surface area contributed by atoms with E-state index in [4.69, 9.17) is 16.3 Å². The number of hydrogen-bond donors (Lipinski definition) is 1. The number of aryl methyl sites for hydroxylation is 2. The molecule has 21 heavy (non-hydrogen) atoms. The SMILES string of the molecule is Cc1ccc(NC(=O)COc2ccc(Cl)cc2Br)cc1C. The van der Waals surface area contributed by atoms with Crippen LogP contribution in [0.2, 0.25) is 5.02 Å². The number of halogens is 2. The fourth-order valence-electron chi connectivity index (χ4n) is 1.75. The summed E-state index contributed by atoms with van der Waals surface area (Å²) in [5, 5.41) is 3.41. The zero-order chi connectivity index (χ0) is 15.4. The van der Waals surface area contributed by atoms with E-state index in [9.17, 15) is 4.79 Å². The molecule has 2 rings (SSSR count). The van der Waals surface area contributed by atoms with E-state index in [1.54, 1.807) is 18.2 Å². The summed E-state index contributed by atoms with van der Waals surface area (Å²) in [6.07, 6.45) is 0. The van der Waals surface area contributed by atoms with Crippen LogP contribution in [0, 0.1) is 13.8 Å². The lowest BCUT2D eigenvalue weighted by Gasteiger charge is -2.10. The Balaban J connectivity index is 1.94. The highest BCUT2D eigenvalue weighted by Crippen LogP contribution is 2.27. The lowest BCUT2D eigenvalue weighted by Crippen LogP contribution is -2.20. The number of carbonyl (C=O) groups is 1. The van der Waals surface area contributed by atoms with Crippen molar-refractivity contribution in [3.63, 3.8) is 0 Å². The molecule has 0 saturated carbocycles. The van der Waals surface area contributed by atoms with Gasteiger partial charge in [-0.15, -0.1) is 0 Å². The average Bonchev–Trinajstić information content (AvgIpc) is 2.42. The topological polar surface area (TPSA) is 38.3 Å². The zero-order valence-electron chi connectivity index (χ0n) is 11.7. The van der Waals surface area contributed by atoms with Crippen molar-refractivity contribution in [2.24, 2.45) is 0 Å². The first-order chi connectivity index (χ1) is 9.95. The van der Waals surface area contributed by atoms with E-state index in [-0.39, 0.29) is 12.5 Å². The Morgan fingerprint density at radius 2 is 1.95 bits per heavy atom. The van der Waals surface area contributed by atoms with Gasteiger partial charge < -0.3 is 10.1 Å².